The van der Waals surface area contributed by atoms with E-state index in [1.807, 2.05) is 33.3 Å². The minimum Gasteiger partial charge on any atom is -0.456 e. The van der Waals surface area contributed by atoms with Crippen LogP contribution in [0.15, 0.2) is 109 Å². The van der Waals surface area contributed by atoms with Crippen molar-refractivity contribution in [1.29, 1.82) is 0 Å². The summed E-state index contributed by atoms with van der Waals surface area (Å²) < 4.78 is 30.8. The molecule has 0 aromatic rings. The summed E-state index contributed by atoms with van der Waals surface area (Å²) in [6.45, 7) is 6.87. The Hall–Kier alpha value is -3.33. The molecule has 3 atom stereocenters. The van der Waals surface area contributed by atoms with Crippen LogP contribution in [0.4, 0.5) is 0 Å². The number of carbonyl (C=O) groups excluding carboxylic acids is 2. The van der Waals surface area contributed by atoms with Crippen LogP contribution in [0.5, 0.6) is 0 Å². The number of rotatable bonds is 63. The molecule has 0 radical (unpaired) electrons. The molecular formula is C75H134N2O7P+. The molecule has 0 aliphatic carbocycles. The number of phosphoric ester groups is 1. The van der Waals surface area contributed by atoms with Crippen molar-refractivity contribution < 1.29 is 37.3 Å². The summed E-state index contributed by atoms with van der Waals surface area (Å²) >= 11 is 0. The maximum Gasteiger partial charge on any atom is 0.472 e. The standard InChI is InChI=1S/C75H133N2O7P/c1-7-10-13-16-19-22-25-27-29-31-33-35-37-38-40-41-43-45-47-49-52-55-58-61-64-67-74(78)76-72(71-83-85(80,81)82-70-69-77(4,5)6)73(66-63-60-57-54-51-24-21-18-15-12-9-3)84-75(79)68-65-62-59-56-53-50-48-46-44-42-39-36-34-32-30-28-26-23-20-17-14-11-8-2/h11,14,19-20,22-23,27-30,34,36,42,44,48,50,63,66,72-73H,7-10,12-13,15-18,21,24-26,31-33,35,37-41,43,45-47,49,51-62,64-65,67-71H2,1-6H3,(H-,76,78,80,81)/p+1/b14-11-,22-19-,23-20-,29-27-,30-28-,36-34-,44-42-,50-48-,66-63+. The molecule has 2 N–H and O–H groups in total. The molecular weight excluding hydrogens is 1070 g/mol. The van der Waals surface area contributed by atoms with E-state index in [0.717, 1.165) is 109 Å². The number of quaternary nitrogens is 1. The van der Waals surface area contributed by atoms with Gasteiger partial charge >= 0.3 is 13.8 Å². The van der Waals surface area contributed by atoms with Crippen molar-refractivity contribution in [3.63, 3.8) is 0 Å². The number of likely N-dealkylation sites (N-methyl/N-ethyl adjacent to an activating group) is 1. The Morgan fingerprint density at radius 3 is 1.15 bits per heavy atom. The lowest BCUT2D eigenvalue weighted by atomic mass is 10.0. The van der Waals surface area contributed by atoms with E-state index in [9.17, 15) is 19.0 Å². The predicted molar refractivity (Wildman–Crippen MR) is 369 cm³/mol. The minimum absolute atomic E-state index is 0.0315. The second-order valence-corrected chi connectivity index (χ2v) is 26.1. The third kappa shape index (κ3) is 65.0. The quantitative estimate of drug-likeness (QED) is 0.0205. The third-order valence-electron chi connectivity index (χ3n) is 15.2. The number of allylic oxidation sites excluding steroid dienone is 17. The predicted octanol–water partition coefficient (Wildman–Crippen LogP) is 22.5. The molecule has 85 heavy (non-hydrogen) atoms. The lowest BCUT2D eigenvalue weighted by Gasteiger charge is -2.27. The van der Waals surface area contributed by atoms with Crippen LogP contribution < -0.4 is 5.32 Å². The van der Waals surface area contributed by atoms with Gasteiger partial charge in [-0.2, -0.15) is 0 Å². The Labute approximate surface area is 525 Å². The number of carbonyl (C=O) groups is 2. The Kier molecular flexibility index (Phi) is 61.2. The van der Waals surface area contributed by atoms with Crippen molar-refractivity contribution >= 4 is 19.7 Å². The maximum atomic E-state index is 13.6. The minimum atomic E-state index is -4.47. The van der Waals surface area contributed by atoms with Gasteiger partial charge in [-0.25, -0.2) is 4.57 Å². The number of hydrogen-bond acceptors (Lipinski definition) is 6. The highest BCUT2D eigenvalue weighted by atomic mass is 31.2. The molecule has 3 unspecified atom stereocenters. The van der Waals surface area contributed by atoms with Crippen molar-refractivity contribution in [3.8, 4) is 0 Å². The Balaban J connectivity index is 5.09. The fourth-order valence-corrected chi connectivity index (χ4v) is 10.5. The molecule has 0 aromatic heterocycles. The number of phosphoric acid groups is 1. The van der Waals surface area contributed by atoms with Crippen LogP contribution >= 0.6 is 7.82 Å². The van der Waals surface area contributed by atoms with E-state index in [0.29, 0.717) is 23.9 Å². The summed E-state index contributed by atoms with van der Waals surface area (Å²) in [4.78, 5) is 37.9. The van der Waals surface area contributed by atoms with Crippen LogP contribution in [-0.2, 0) is 27.9 Å². The Morgan fingerprint density at radius 2 is 0.753 bits per heavy atom. The highest BCUT2D eigenvalue weighted by molar-refractivity contribution is 7.47. The molecule has 1 amide bonds. The molecule has 0 fully saturated rings. The van der Waals surface area contributed by atoms with E-state index in [1.165, 1.54) is 154 Å². The molecule has 0 rings (SSSR count). The molecule has 0 aromatic carbocycles. The number of nitrogens with one attached hydrogen (secondary N) is 1. The number of ether oxygens (including phenoxy) is 1. The van der Waals surface area contributed by atoms with Gasteiger partial charge in [0.2, 0.25) is 5.91 Å². The number of esters is 1. The molecule has 0 saturated carbocycles. The van der Waals surface area contributed by atoms with Crippen LogP contribution in [-0.4, -0.2) is 74.3 Å². The summed E-state index contributed by atoms with van der Waals surface area (Å²) in [7, 11) is 1.47. The topological polar surface area (TPSA) is 111 Å². The monoisotopic (exact) mass is 1210 g/mol. The van der Waals surface area contributed by atoms with Gasteiger partial charge in [0.05, 0.1) is 33.8 Å². The van der Waals surface area contributed by atoms with Crippen molar-refractivity contribution in [2.75, 3.05) is 40.9 Å². The van der Waals surface area contributed by atoms with Gasteiger partial charge < -0.3 is 19.4 Å². The summed E-state index contributed by atoms with van der Waals surface area (Å²) in [6.07, 6.45) is 88.2. The van der Waals surface area contributed by atoms with E-state index < -0.39 is 20.0 Å². The van der Waals surface area contributed by atoms with Gasteiger partial charge in [-0.15, -0.1) is 0 Å². The highest BCUT2D eigenvalue weighted by Gasteiger charge is 2.30. The van der Waals surface area contributed by atoms with Crippen molar-refractivity contribution in [2.24, 2.45) is 0 Å². The van der Waals surface area contributed by atoms with Gasteiger partial charge in [-0.3, -0.25) is 18.6 Å². The molecule has 0 aliphatic rings. The molecule has 10 heteroatoms. The maximum absolute atomic E-state index is 13.6. The third-order valence-corrected chi connectivity index (χ3v) is 16.2. The first-order chi connectivity index (χ1) is 41.4. The summed E-state index contributed by atoms with van der Waals surface area (Å²) in [5, 5.41) is 3.06. The lowest BCUT2D eigenvalue weighted by molar-refractivity contribution is -0.870. The van der Waals surface area contributed by atoms with Crippen LogP contribution in [0.1, 0.15) is 303 Å². The van der Waals surface area contributed by atoms with E-state index >= 15 is 0 Å². The van der Waals surface area contributed by atoms with Gasteiger partial charge in [0.1, 0.15) is 19.3 Å². The Bertz CT molecular complexity index is 1820. The lowest BCUT2D eigenvalue weighted by Crippen LogP contribution is -2.47. The first-order valence-corrected chi connectivity index (χ1v) is 36.7. The van der Waals surface area contributed by atoms with E-state index in [1.54, 1.807) is 0 Å². The zero-order chi connectivity index (χ0) is 62.1. The molecule has 0 saturated heterocycles. The summed E-state index contributed by atoms with van der Waals surface area (Å²) in [6, 6.07) is -0.866. The zero-order valence-corrected chi connectivity index (χ0v) is 57.0. The molecule has 490 valence electrons. The second-order valence-electron chi connectivity index (χ2n) is 24.7. The summed E-state index contributed by atoms with van der Waals surface area (Å²) in [5.74, 6) is -0.533. The summed E-state index contributed by atoms with van der Waals surface area (Å²) in [5.41, 5.74) is 0. The normalized spacial score (nSPS) is 14.2. The average molecular weight is 1210 g/mol. The van der Waals surface area contributed by atoms with Crippen LogP contribution in [0.3, 0.4) is 0 Å². The smallest absolute Gasteiger partial charge is 0.456 e. The first kappa shape index (κ1) is 81.7. The number of amides is 1. The van der Waals surface area contributed by atoms with Crippen LogP contribution in [0, 0.1) is 0 Å². The van der Waals surface area contributed by atoms with E-state index in [-0.39, 0.29) is 31.5 Å². The van der Waals surface area contributed by atoms with Crippen LogP contribution in [0.2, 0.25) is 0 Å². The van der Waals surface area contributed by atoms with Gasteiger partial charge in [-0.1, -0.05) is 285 Å². The second kappa shape index (κ2) is 63.7. The van der Waals surface area contributed by atoms with Gasteiger partial charge in [-0.05, 0) is 115 Å². The molecule has 0 heterocycles. The van der Waals surface area contributed by atoms with E-state index in [4.69, 9.17) is 13.8 Å². The molecule has 0 aliphatic heterocycles. The molecule has 0 spiro atoms. The van der Waals surface area contributed by atoms with Gasteiger partial charge in [0, 0.05) is 12.8 Å². The SMILES string of the molecule is CC/C=C\C/C=C\C/C=C\C/C=C\C/C=C\C/C=C\CCCCCCC(=O)OC(/C=C/CCCCCCCCCCC)C(COP(=O)(O)OCC[N+](C)(C)C)NC(=O)CCCCCCCCCCCCCCCCC/C=C\C/C=C\CCCCC. The van der Waals surface area contributed by atoms with Gasteiger partial charge in [0.25, 0.3) is 0 Å². The van der Waals surface area contributed by atoms with Crippen molar-refractivity contribution in [1.82, 2.24) is 5.32 Å². The number of hydrogen-bond donors (Lipinski definition) is 2. The zero-order valence-electron chi connectivity index (χ0n) is 56.1. The first-order valence-electron chi connectivity index (χ1n) is 35.2. The van der Waals surface area contributed by atoms with Crippen LogP contribution in [0.25, 0.3) is 0 Å². The fourth-order valence-electron chi connectivity index (χ4n) is 9.80. The number of unbranched alkanes of at least 4 members (excludes halogenated alkanes) is 31. The van der Waals surface area contributed by atoms with Crippen molar-refractivity contribution in [3.05, 3.63) is 109 Å². The Morgan fingerprint density at radius 1 is 0.424 bits per heavy atom. The number of nitrogens with zero attached hydrogens (tertiary/aromatic N) is 1. The fraction of sp³-hybridized carbons (Fsp3) is 0.733. The van der Waals surface area contributed by atoms with Gasteiger partial charge in [0.15, 0.2) is 0 Å². The molecule has 0 bridgehead atoms. The van der Waals surface area contributed by atoms with Crippen molar-refractivity contribution in [2.45, 2.75) is 315 Å². The largest absolute Gasteiger partial charge is 0.472 e. The van der Waals surface area contributed by atoms with E-state index in [2.05, 4.69) is 123 Å². The molecule has 9 nitrogen and oxygen atoms in total. The average Bonchev–Trinajstić information content (AvgIpc) is 3.62. The highest BCUT2D eigenvalue weighted by Crippen LogP contribution is 2.43.